The second-order valence-corrected chi connectivity index (χ2v) is 15.8. The third-order valence-corrected chi connectivity index (χ3v) is 13.7. The Morgan fingerprint density at radius 3 is 2.15 bits per heavy atom. The van der Waals surface area contributed by atoms with Gasteiger partial charge in [-0.05, 0) is 113 Å². The molecule has 7 heteroatoms. The standard InChI is InChI=1S/C34H57N2O4.BrH/c1-23(37)39-31-20-25-12-13-26-27(34(25,4)22-29(31)35-16-8-6-9-17-35)14-15-33(3)28(26)21-30(32(33)40-24(2)38)36(5)18-10-7-11-19-36;/h25-32H,6-22H2,1-5H3;1H/q+1;/t25?,26?,27?,28?,29-,30-,31-,32-,33?,34?;/m0./s1. The fourth-order valence-electron chi connectivity index (χ4n) is 11.7. The molecule has 0 amide bonds. The zero-order valence-electron chi connectivity index (χ0n) is 27.5. The average Bonchev–Trinajstić information content (AvgIpc) is 3.21. The Balaban J connectivity index is 0.00000202. The van der Waals surface area contributed by atoms with Gasteiger partial charge in [-0.1, -0.05) is 20.3 Å². The smallest absolute Gasteiger partial charge is 1.00 e. The zero-order chi connectivity index (χ0) is 28.3. The van der Waals surface area contributed by atoms with Crippen molar-refractivity contribution in [3.05, 3.63) is 0 Å². The number of halogens is 1. The summed E-state index contributed by atoms with van der Waals surface area (Å²) in [5, 5.41) is 0. The fraction of sp³-hybridized carbons (Fsp3) is 0.941. The van der Waals surface area contributed by atoms with E-state index in [1.807, 2.05) is 0 Å². The monoisotopic (exact) mass is 637 g/mol. The van der Waals surface area contributed by atoms with Crippen molar-refractivity contribution in [1.82, 2.24) is 4.90 Å². The van der Waals surface area contributed by atoms with Crippen molar-refractivity contribution in [1.29, 1.82) is 0 Å². The molecule has 0 N–H and O–H groups in total. The molecule has 0 aromatic heterocycles. The SMILES string of the molecule is CC(=O)O[C@H]1CC2CCC3C(CCC4(C)C3C[C@H]([N+]3(C)CCCCC3)[C@@H]4OC(C)=O)C2(C)C[C@@H]1N1CCCCC1.[Br-].[H+]. The summed E-state index contributed by atoms with van der Waals surface area (Å²) in [5.74, 6) is 2.50. The molecule has 4 aliphatic carbocycles. The number of piperidine rings is 2. The lowest BCUT2D eigenvalue weighted by Crippen LogP contribution is -3.00. The van der Waals surface area contributed by atoms with Crippen molar-refractivity contribution in [2.75, 3.05) is 33.2 Å². The van der Waals surface area contributed by atoms with Crippen molar-refractivity contribution in [3.63, 3.8) is 0 Å². The maximum Gasteiger partial charge on any atom is 1.00 e. The normalized spacial score (nSPS) is 45.8. The number of likely N-dealkylation sites (N-methyl/N-ethyl adjacent to an activating group) is 1. The predicted molar refractivity (Wildman–Crippen MR) is 157 cm³/mol. The molecule has 234 valence electrons. The van der Waals surface area contributed by atoms with E-state index in [-0.39, 0.29) is 48.0 Å². The molecule has 2 heterocycles. The van der Waals surface area contributed by atoms with Gasteiger partial charge in [-0.3, -0.25) is 14.5 Å². The maximum absolute atomic E-state index is 12.5. The Morgan fingerprint density at radius 2 is 1.49 bits per heavy atom. The summed E-state index contributed by atoms with van der Waals surface area (Å²) in [5.41, 5.74) is 0.377. The lowest BCUT2D eigenvalue weighted by molar-refractivity contribution is -0.940. The van der Waals surface area contributed by atoms with Crippen molar-refractivity contribution in [2.45, 2.75) is 135 Å². The van der Waals surface area contributed by atoms with Gasteiger partial charge in [-0.2, -0.15) is 0 Å². The van der Waals surface area contributed by atoms with Crippen molar-refractivity contribution < 1.29 is 42.0 Å². The molecule has 0 bridgehead atoms. The van der Waals surface area contributed by atoms with E-state index in [0.717, 1.165) is 29.9 Å². The van der Waals surface area contributed by atoms with E-state index in [1.165, 1.54) is 90.1 Å². The van der Waals surface area contributed by atoms with Crippen LogP contribution in [-0.4, -0.2) is 78.8 Å². The van der Waals surface area contributed by atoms with Crippen LogP contribution in [0.3, 0.4) is 0 Å². The Bertz CT molecular complexity index is 971. The maximum atomic E-state index is 12.5. The number of carbonyl (C=O) groups is 2. The van der Waals surface area contributed by atoms with Gasteiger partial charge >= 0.3 is 13.4 Å². The predicted octanol–water partition coefficient (Wildman–Crippen LogP) is 3.08. The zero-order valence-corrected chi connectivity index (χ0v) is 28.1. The number of ether oxygens (including phenoxy) is 2. The molecule has 6 nitrogen and oxygen atoms in total. The molecule has 10 atom stereocenters. The average molecular weight is 639 g/mol. The highest BCUT2D eigenvalue weighted by atomic mass is 79.9. The molecule has 6 rings (SSSR count). The topological polar surface area (TPSA) is 55.8 Å². The number of hydrogen-bond acceptors (Lipinski definition) is 5. The highest BCUT2D eigenvalue weighted by Gasteiger charge is 2.67. The second kappa shape index (κ2) is 12.0. The van der Waals surface area contributed by atoms with Crippen LogP contribution in [0.5, 0.6) is 0 Å². The number of carbonyl (C=O) groups excluding carboxylic acids is 2. The first-order valence-corrected chi connectivity index (χ1v) is 17.0. The molecule has 0 aromatic rings. The number of nitrogens with zero attached hydrogens (tertiary/aromatic N) is 2. The Morgan fingerprint density at radius 1 is 0.829 bits per heavy atom. The van der Waals surface area contributed by atoms with Crippen molar-refractivity contribution >= 4 is 11.9 Å². The molecular weight excluding hydrogens is 580 g/mol. The van der Waals surface area contributed by atoms with E-state index in [4.69, 9.17) is 9.47 Å². The van der Waals surface area contributed by atoms with Gasteiger partial charge in [0.05, 0.1) is 20.1 Å². The number of rotatable bonds is 4. The van der Waals surface area contributed by atoms with Gasteiger partial charge in [-0.15, -0.1) is 0 Å². The summed E-state index contributed by atoms with van der Waals surface area (Å²) in [6, 6.07) is 0.796. The molecule has 6 unspecified atom stereocenters. The molecule has 4 saturated carbocycles. The van der Waals surface area contributed by atoms with Crippen molar-refractivity contribution in [2.24, 2.45) is 34.5 Å². The Hall–Kier alpha value is -0.660. The molecule has 0 spiro atoms. The molecule has 0 radical (unpaired) electrons. The van der Waals surface area contributed by atoms with Gasteiger partial charge < -0.3 is 30.9 Å². The van der Waals surface area contributed by atoms with Crippen LogP contribution in [0.4, 0.5) is 0 Å². The third-order valence-electron chi connectivity index (χ3n) is 13.7. The molecule has 2 saturated heterocycles. The van der Waals surface area contributed by atoms with Crippen LogP contribution in [0.1, 0.15) is 113 Å². The Labute approximate surface area is 261 Å². The van der Waals surface area contributed by atoms with E-state index < -0.39 is 0 Å². The first kappa shape index (κ1) is 31.8. The van der Waals surface area contributed by atoms with Gasteiger partial charge in [0.2, 0.25) is 0 Å². The minimum atomic E-state index is -0.111. The van der Waals surface area contributed by atoms with Crippen LogP contribution >= 0.6 is 0 Å². The van der Waals surface area contributed by atoms with E-state index in [0.29, 0.717) is 35.3 Å². The van der Waals surface area contributed by atoms with Crippen LogP contribution < -0.4 is 17.0 Å². The number of hydrogen-bond donors (Lipinski definition) is 0. The largest absolute Gasteiger partial charge is 1.00 e. The van der Waals surface area contributed by atoms with Gasteiger partial charge in [-0.25, -0.2) is 0 Å². The van der Waals surface area contributed by atoms with Crippen molar-refractivity contribution in [3.8, 4) is 0 Å². The molecular formula is C34H58BrN2O4+. The summed E-state index contributed by atoms with van der Waals surface area (Å²) >= 11 is 0. The van der Waals surface area contributed by atoms with E-state index in [1.54, 1.807) is 13.8 Å². The van der Waals surface area contributed by atoms with E-state index in [9.17, 15) is 9.59 Å². The first-order valence-electron chi connectivity index (χ1n) is 17.0. The Kier molecular flexibility index (Phi) is 9.32. The summed E-state index contributed by atoms with van der Waals surface area (Å²) in [6.45, 7) is 13.1. The lowest BCUT2D eigenvalue weighted by atomic mass is 9.44. The van der Waals surface area contributed by atoms with Gasteiger partial charge in [0.1, 0.15) is 12.1 Å². The summed E-state index contributed by atoms with van der Waals surface area (Å²) in [4.78, 5) is 27.4. The van der Waals surface area contributed by atoms with Gasteiger partial charge in [0.25, 0.3) is 0 Å². The van der Waals surface area contributed by atoms with E-state index >= 15 is 0 Å². The second-order valence-electron chi connectivity index (χ2n) is 15.8. The fourth-order valence-corrected chi connectivity index (χ4v) is 11.7. The lowest BCUT2D eigenvalue weighted by Gasteiger charge is -2.62. The third kappa shape index (κ3) is 5.56. The minimum absolute atomic E-state index is 0. The van der Waals surface area contributed by atoms with Gasteiger partial charge in [0.15, 0.2) is 6.10 Å². The highest BCUT2D eigenvalue weighted by Crippen LogP contribution is 2.67. The van der Waals surface area contributed by atoms with Crippen LogP contribution in [-0.2, 0) is 19.1 Å². The first-order chi connectivity index (χ1) is 19.0. The number of fused-ring (bicyclic) bond motifs is 5. The van der Waals surface area contributed by atoms with Crippen LogP contribution in [0.2, 0.25) is 0 Å². The van der Waals surface area contributed by atoms with Crippen LogP contribution in [0, 0.1) is 34.5 Å². The minimum Gasteiger partial charge on any atom is -1.00 e. The molecule has 0 aromatic carbocycles. The number of quaternary nitrogens is 1. The number of esters is 2. The highest BCUT2D eigenvalue weighted by molar-refractivity contribution is 5.66. The molecule has 6 aliphatic rings. The summed E-state index contributed by atoms with van der Waals surface area (Å²) < 4.78 is 13.5. The van der Waals surface area contributed by atoms with Gasteiger partial charge in [0, 0.05) is 31.7 Å². The summed E-state index contributed by atoms with van der Waals surface area (Å²) in [6.07, 6.45) is 16.3. The summed E-state index contributed by atoms with van der Waals surface area (Å²) in [7, 11) is 2.47. The quantitative estimate of drug-likeness (QED) is 0.350. The van der Waals surface area contributed by atoms with Crippen LogP contribution in [0.15, 0.2) is 0 Å². The molecule has 41 heavy (non-hydrogen) atoms. The molecule has 2 aliphatic heterocycles. The number of likely N-dealkylation sites (tertiary alicyclic amines) is 2. The molecule has 6 fully saturated rings. The van der Waals surface area contributed by atoms with E-state index in [2.05, 4.69) is 25.8 Å². The van der Waals surface area contributed by atoms with Crippen LogP contribution in [0.25, 0.3) is 0 Å².